The Morgan fingerprint density at radius 2 is 1.90 bits per heavy atom. The van der Waals surface area contributed by atoms with Crippen LogP contribution in [0.5, 0.6) is 0 Å². The highest BCUT2D eigenvalue weighted by molar-refractivity contribution is 9.11. The third kappa shape index (κ3) is 4.14. The Morgan fingerprint density at radius 1 is 1.24 bits per heavy atom. The highest BCUT2D eigenvalue weighted by atomic mass is 79.9. The second kappa shape index (κ2) is 7.02. The predicted octanol–water partition coefficient (Wildman–Crippen LogP) is 2.83. The molecule has 0 unspecified atom stereocenters. The molecule has 0 saturated carbocycles. The van der Waals surface area contributed by atoms with Gasteiger partial charge in [0.1, 0.15) is 0 Å². The summed E-state index contributed by atoms with van der Waals surface area (Å²) in [7, 11) is -1.88. The van der Waals surface area contributed by atoms with Crippen LogP contribution in [0.25, 0.3) is 0 Å². The van der Waals surface area contributed by atoms with Crippen molar-refractivity contribution in [3.8, 4) is 0 Å². The molecular weight excluding hydrogens is 372 g/mol. The van der Waals surface area contributed by atoms with E-state index in [0.29, 0.717) is 18.0 Å². The molecule has 0 saturated heterocycles. The highest BCUT2D eigenvalue weighted by Gasteiger charge is 2.21. The molecule has 1 aromatic heterocycles. The lowest BCUT2D eigenvalue weighted by atomic mass is 10.2. The standard InChI is InChI=1S/C14H17BrN2O2S2/c1-17(9-12-8-14(15)20-10-12)21(18,19)13-4-2-11(3-5-13)6-7-16/h2-5,8,10H,6-7,9,16H2,1H3. The lowest BCUT2D eigenvalue weighted by Crippen LogP contribution is -2.26. The summed E-state index contributed by atoms with van der Waals surface area (Å²) in [5, 5.41) is 1.94. The monoisotopic (exact) mass is 388 g/mol. The van der Waals surface area contributed by atoms with Crippen LogP contribution in [-0.2, 0) is 23.0 Å². The summed E-state index contributed by atoms with van der Waals surface area (Å²) in [6.45, 7) is 0.911. The summed E-state index contributed by atoms with van der Waals surface area (Å²) in [4.78, 5) is 0.306. The first-order valence-electron chi connectivity index (χ1n) is 6.42. The number of thiophene rings is 1. The third-order valence-electron chi connectivity index (χ3n) is 3.09. The average molecular weight is 389 g/mol. The maximum atomic E-state index is 12.5. The Balaban J connectivity index is 2.16. The van der Waals surface area contributed by atoms with Gasteiger partial charge in [-0.15, -0.1) is 11.3 Å². The maximum absolute atomic E-state index is 12.5. The van der Waals surface area contributed by atoms with E-state index in [1.54, 1.807) is 30.5 Å². The first kappa shape index (κ1) is 16.6. The van der Waals surface area contributed by atoms with Gasteiger partial charge in [0.15, 0.2) is 0 Å². The molecule has 114 valence electrons. The van der Waals surface area contributed by atoms with Crippen molar-refractivity contribution in [3.05, 3.63) is 50.6 Å². The fourth-order valence-electron chi connectivity index (χ4n) is 1.95. The van der Waals surface area contributed by atoms with Gasteiger partial charge in [-0.25, -0.2) is 8.42 Å². The van der Waals surface area contributed by atoms with E-state index in [2.05, 4.69) is 15.9 Å². The van der Waals surface area contributed by atoms with Gasteiger partial charge in [0.2, 0.25) is 10.0 Å². The van der Waals surface area contributed by atoms with Crippen LogP contribution >= 0.6 is 27.3 Å². The number of sulfonamides is 1. The van der Waals surface area contributed by atoms with Crippen LogP contribution in [0.4, 0.5) is 0 Å². The number of halogens is 1. The number of rotatable bonds is 6. The van der Waals surface area contributed by atoms with E-state index < -0.39 is 10.0 Å². The molecular formula is C14H17BrN2O2S2. The topological polar surface area (TPSA) is 63.4 Å². The van der Waals surface area contributed by atoms with Gasteiger partial charge in [-0.05, 0) is 63.6 Å². The lowest BCUT2D eigenvalue weighted by Gasteiger charge is -2.16. The van der Waals surface area contributed by atoms with E-state index in [1.807, 2.05) is 23.6 Å². The van der Waals surface area contributed by atoms with Crippen LogP contribution < -0.4 is 5.73 Å². The smallest absolute Gasteiger partial charge is 0.243 e. The van der Waals surface area contributed by atoms with E-state index in [1.165, 1.54) is 4.31 Å². The summed E-state index contributed by atoms with van der Waals surface area (Å²) < 4.78 is 27.4. The van der Waals surface area contributed by atoms with Gasteiger partial charge in [-0.3, -0.25) is 0 Å². The first-order valence-corrected chi connectivity index (χ1v) is 9.53. The number of hydrogen-bond acceptors (Lipinski definition) is 4. The molecule has 7 heteroatoms. The van der Waals surface area contributed by atoms with Crippen LogP contribution in [0.3, 0.4) is 0 Å². The van der Waals surface area contributed by atoms with E-state index in [0.717, 1.165) is 21.3 Å². The van der Waals surface area contributed by atoms with Gasteiger partial charge >= 0.3 is 0 Å². The van der Waals surface area contributed by atoms with Gasteiger partial charge in [0.05, 0.1) is 8.68 Å². The zero-order valence-electron chi connectivity index (χ0n) is 11.6. The number of benzene rings is 1. The summed E-state index contributed by atoms with van der Waals surface area (Å²) in [5.41, 5.74) is 7.50. The van der Waals surface area contributed by atoms with Crippen LogP contribution in [0.2, 0.25) is 0 Å². The summed E-state index contributed by atoms with van der Waals surface area (Å²) in [5.74, 6) is 0. The molecule has 0 radical (unpaired) electrons. The Labute approximate surface area is 137 Å². The van der Waals surface area contributed by atoms with Crippen molar-refractivity contribution >= 4 is 37.3 Å². The Morgan fingerprint density at radius 3 is 2.43 bits per heavy atom. The second-order valence-corrected chi connectivity index (χ2v) is 9.04. The van der Waals surface area contributed by atoms with Gasteiger partial charge in [0, 0.05) is 13.6 Å². The summed E-state index contributed by atoms with van der Waals surface area (Å²) >= 11 is 4.92. The van der Waals surface area contributed by atoms with Crippen molar-refractivity contribution in [3.63, 3.8) is 0 Å². The minimum Gasteiger partial charge on any atom is -0.330 e. The van der Waals surface area contributed by atoms with Crippen LogP contribution in [0.15, 0.2) is 44.4 Å². The Hall–Kier alpha value is -0.730. The predicted molar refractivity (Wildman–Crippen MR) is 89.9 cm³/mol. The number of hydrogen-bond donors (Lipinski definition) is 1. The highest BCUT2D eigenvalue weighted by Crippen LogP contribution is 2.23. The van der Waals surface area contributed by atoms with Crippen molar-refractivity contribution in [2.24, 2.45) is 5.73 Å². The van der Waals surface area contributed by atoms with Crippen LogP contribution in [0, 0.1) is 0 Å². The van der Waals surface area contributed by atoms with E-state index in [9.17, 15) is 8.42 Å². The van der Waals surface area contributed by atoms with Gasteiger partial charge in [-0.1, -0.05) is 12.1 Å². The SMILES string of the molecule is CN(Cc1csc(Br)c1)S(=O)(=O)c1ccc(CCN)cc1. The molecule has 0 amide bonds. The lowest BCUT2D eigenvalue weighted by molar-refractivity contribution is 0.467. The van der Waals surface area contributed by atoms with E-state index >= 15 is 0 Å². The molecule has 0 fully saturated rings. The van der Waals surface area contributed by atoms with Crippen molar-refractivity contribution in [2.45, 2.75) is 17.9 Å². The fourth-order valence-corrected chi connectivity index (χ4v) is 4.30. The normalized spacial score (nSPS) is 12.0. The second-order valence-electron chi connectivity index (χ2n) is 4.70. The molecule has 1 heterocycles. The quantitative estimate of drug-likeness (QED) is 0.827. The van der Waals surface area contributed by atoms with Crippen LogP contribution in [-0.4, -0.2) is 26.3 Å². The van der Waals surface area contributed by atoms with Crippen molar-refractivity contribution < 1.29 is 8.42 Å². The van der Waals surface area contributed by atoms with Crippen molar-refractivity contribution in [1.29, 1.82) is 0 Å². The third-order valence-corrected chi connectivity index (χ3v) is 6.46. The zero-order valence-corrected chi connectivity index (χ0v) is 14.8. The molecule has 1 aromatic carbocycles. The zero-order chi connectivity index (χ0) is 15.5. The van der Waals surface area contributed by atoms with Crippen LogP contribution in [0.1, 0.15) is 11.1 Å². The van der Waals surface area contributed by atoms with Gasteiger partial charge in [0.25, 0.3) is 0 Å². The van der Waals surface area contributed by atoms with E-state index in [-0.39, 0.29) is 0 Å². The molecule has 21 heavy (non-hydrogen) atoms. The Bertz CT molecular complexity index is 696. The largest absolute Gasteiger partial charge is 0.330 e. The number of nitrogens with two attached hydrogens (primary N) is 1. The molecule has 2 aromatic rings. The molecule has 0 bridgehead atoms. The van der Waals surface area contributed by atoms with Crippen molar-refractivity contribution in [2.75, 3.05) is 13.6 Å². The first-order chi connectivity index (χ1) is 9.93. The molecule has 0 aliphatic heterocycles. The number of nitrogens with zero attached hydrogens (tertiary/aromatic N) is 1. The molecule has 4 nitrogen and oxygen atoms in total. The molecule has 0 aliphatic carbocycles. The summed E-state index contributed by atoms with van der Waals surface area (Å²) in [6.07, 6.45) is 0.749. The summed E-state index contributed by atoms with van der Waals surface area (Å²) in [6, 6.07) is 8.84. The van der Waals surface area contributed by atoms with E-state index in [4.69, 9.17) is 5.73 Å². The maximum Gasteiger partial charge on any atom is 0.243 e. The minimum atomic E-state index is -3.47. The van der Waals surface area contributed by atoms with Gasteiger partial charge < -0.3 is 5.73 Å². The van der Waals surface area contributed by atoms with Crippen molar-refractivity contribution in [1.82, 2.24) is 4.31 Å². The molecule has 2 rings (SSSR count). The average Bonchev–Trinajstić information content (AvgIpc) is 2.85. The van der Waals surface area contributed by atoms with Gasteiger partial charge in [-0.2, -0.15) is 4.31 Å². The molecule has 0 spiro atoms. The Kier molecular flexibility index (Phi) is 5.56. The molecule has 0 aliphatic rings. The minimum absolute atomic E-state index is 0.306. The molecule has 2 N–H and O–H groups in total. The fraction of sp³-hybridized carbons (Fsp3) is 0.286. The molecule has 0 atom stereocenters.